The molecule has 3 N–H and O–H groups in total. The number of aryl methyl sites for hydroxylation is 1. The lowest BCUT2D eigenvalue weighted by molar-refractivity contribution is -0.123. The summed E-state index contributed by atoms with van der Waals surface area (Å²) in [6.45, 7) is 5.87. The van der Waals surface area contributed by atoms with E-state index >= 15 is 0 Å². The minimum atomic E-state index is -0.492. The van der Waals surface area contributed by atoms with Gasteiger partial charge in [0.15, 0.2) is 18.1 Å². The lowest BCUT2D eigenvalue weighted by atomic mass is 10.1. The standard InChI is InChI=1S/C21H27N3O6/c1-6-22-17(25)11-30-15-8-7-14(9-16(15)28-4)10-23-20(26)19-12(2)18(13(3)24-19)21(27)29-5/h7-9,24H,6,10-11H2,1-5H3,(H,22,25)(H,23,26). The molecule has 9 nitrogen and oxygen atoms in total. The first-order chi connectivity index (χ1) is 14.3. The normalized spacial score (nSPS) is 10.3. The maximum atomic E-state index is 12.6. The van der Waals surface area contributed by atoms with Gasteiger partial charge in [0.05, 0.1) is 19.8 Å². The summed E-state index contributed by atoms with van der Waals surface area (Å²) in [4.78, 5) is 39.0. The Morgan fingerprint density at radius 1 is 1.07 bits per heavy atom. The molecule has 0 aliphatic carbocycles. The molecule has 0 spiro atoms. The van der Waals surface area contributed by atoms with Gasteiger partial charge in [-0.1, -0.05) is 6.07 Å². The summed E-state index contributed by atoms with van der Waals surface area (Å²) in [5.41, 5.74) is 2.54. The zero-order valence-electron chi connectivity index (χ0n) is 17.8. The van der Waals surface area contributed by atoms with Crippen LogP contribution in [0.25, 0.3) is 0 Å². The first-order valence-corrected chi connectivity index (χ1v) is 9.44. The molecule has 0 bridgehead atoms. The molecule has 0 unspecified atom stereocenters. The Kier molecular flexibility index (Phi) is 7.85. The van der Waals surface area contributed by atoms with Crippen LogP contribution >= 0.6 is 0 Å². The molecule has 0 saturated carbocycles. The van der Waals surface area contributed by atoms with Crippen LogP contribution < -0.4 is 20.1 Å². The number of H-pyrrole nitrogens is 1. The number of benzene rings is 1. The van der Waals surface area contributed by atoms with Crippen molar-refractivity contribution in [3.05, 3.63) is 46.3 Å². The maximum absolute atomic E-state index is 12.6. The van der Waals surface area contributed by atoms with Gasteiger partial charge in [-0.05, 0) is 44.0 Å². The molecular formula is C21H27N3O6. The molecule has 2 amide bonds. The zero-order chi connectivity index (χ0) is 22.3. The van der Waals surface area contributed by atoms with Crippen molar-refractivity contribution < 1.29 is 28.6 Å². The van der Waals surface area contributed by atoms with Gasteiger partial charge < -0.3 is 29.8 Å². The number of esters is 1. The highest BCUT2D eigenvalue weighted by Crippen LogP contribution is 2.28. The van der Waals surface area contributed by atoms with Gasteiger partial charge in [-0.3, -0.25) is 9.59 Å². The van der Waals surface area contributed by atoms with Crippen molar-refractivity contribution >= 4 is 17.8 Å². The molecule has 30 heavy (non-hydrogen) atoms. The average molecular weight is 417 g/mol. The summed E-state index contributed by atoms with van der Waals surface area (Å²) in [5.74, 6) is -0.184. The van der Waals surface area contributed by atoms with E-state index in [1.165, 1.54) is 14.2 Å². The Balaban J connectivity index is 2.06. The molecule has 2 aromatic rings. The molecule has 0 aliphatic heterocycles. The highest BCUT2D eigenvalue weighted by Gasteiger charge is 2.22. The summed E-state index contributed by atoms with van der Waals surface area (Å²) in [6, 6.07) is 5.17. The fourth-order valence-electron chi connectivity index (χ4n) is 2.99. The van der Waals surface area contributed by atoms with Gasteiger partial charge in [-0.2, -0.15) is 0 Å². The first-order valence-electron chi connectivity index (χ1n) is 9.44. The van der Waals surface area contributed by atoms with Crippen LogP contribution in [0.4, 0.5) is 0 Å². The van der Waals surface area contributed by atoms with E-state index < -0.39 is 5.97 Å². The molecule has 0 saturated heterocycles. The summed E-state index contributed by atoms with van der Waals surface area (Å²) in [6.07, 6.45) is 0. The number of rotatable bonds is 9. The van der Waals surface area contributed by atoms with Crippen molar-refractivity contribution in [3.8, 4) is 11.5 Å². The highest BCUT2D eigenvalue weighted by molar-refractivity contribution is 6.00. The Morgan fingerprint density at radius 2 is 1.80 bits per heavy atom. The molecule has 1 aromatic heterocycles. The van der Waals surface area contributed by atoms with Crippen LogP contribution in [0.15, 0.2) is 18.2 Å². The predicted octanol–water partition coefficient (Wildman–Crippen LogP) is 1.87. The van der Waals surface area contributed by atoms with Crippen LogP contribution in [-0.4, -0.2) is 50.1 Å². The number of carbonyl (C=O) groups is 3. The summed E-state index contributed by atoms with van der Waals surface area (Å²) in [7, 11) is 2.79. The number of aromatic nitrogens is 1. The van der Waals surface area contributed by atoms with Crippen molar-refractivity contribution in [1.29, 1.82) is 0 Å². The molecule has 1 aromatic carbocycles. The molecule has 162 valence electrons. The van der Waals surface area contributed by atoms with Gasteiger partial charge in [0.2, 0.25) is 0 Å². The minimum absolute atomic E-state index is 0.117. The number of carbonyl (C=O) groups excluding carboxylic acids is 3. The fraction of sp³-hybridized carbons (Fsp3) is 0.381. The molecule has 1 heterocycles. The molecule has 9 heteroatoms. The van der Waals surface area contributed by atoms with Gasteiger partial charge in [0.1, 0.15) is 5.69 Å². The second-order valence-electron chi connectivity index (χ2n) is 6.53. The van der Waals surface area contributed by atoms with Crippen LogP contribution in [-0.2, 0) is 16.1 Å². The highest BCUT2D eigenvalue weighted by atomic mass is 16.5. The zero-order valence-corrected chi connectivity index (χ0v) is 17.8. The Morgan fingerprint density at radius 3 is 2.43 bits per heavy atom. The predicted molar refractivity (Wildman–Crippen MR) is 110 cm³/mol. The summed E-state index contributed by atoms with van der Waals surface area (Å²) >= 11 is 0. The third-order valence-electron chi connectivity index (χ3n) is 4.47. The number of amides is 2. The summed E-state index contributed by atoms with van der Waals surface area (Å²) < 4.78 is 15.6. The molecule has 0 aliphatic rings. The number of hydrogen-bond donors (Lipinski definition) is 3. The number of aromatic amines is 1. The molecule has 0 atom stereocenters. The smallest absolute Gasteiger partial charge is 0.339 e. The molecular weight excluding hydrogens is 390 g/mol. The van der Waals surface area contributed by atoms with Gasteiger partial charge >= 0.3 is 5.97 Å². The largest absolute Gasteiger partial charge is 0.493 e. The number of likely N-dealkylation sites (N-methyl/N-ethyl adjacent to an activating group) is 1. The molecule has 2 rings (SSSR count). The lowest BCUT2D eigenvalue weighted by Crippen LogP contribution is -2.28. The van der Waals surface area contributed by atoms with Crippen molar-refractivity contribution in [2.75, 3.05) is 27.4 Å². The van der Waals surface area contributed by atoms with E-state index in [2.05, 4.69) is 15.6 Å². The van der Waals surface area contributed by atoms with E-state index in [0.29, 0.717) is 40.6 Å². The van der Waals surface area contributed by atoms with E-state index in [9.17, 15) is 14.4 Å². The number of hydrogen-bond acceptors (Lipinski definition) is 6. The van der Waals surface area contributed by atoms with Gasteiger partial charge in [0.25, 0.3) is 11.8 Å². The van der Waals surface area contributed by atoms with E-state index in [1.54, 1.807) is 32.0 Å². The van der Waals surface area contributed by atoms with Crippen LogP contribution in [0, 0.1) is 13.8 Å². The number of nitrogens with one attached hydrogen (secondary N) is 3. The van der Waals surface area contributed by atoms with Crippen LogP contribution in [0.5, 0.6) is 11.5 Å². The Hall–Kier alpha value is -3.49. The van der Waals surface area contributed by atoms with Crippen molar-refractivity contribution in [1.82, 2.24) is 15.6 Å². The number of ether oxygens (including phenoxy) is 3. The van der Waals surface area contributed by atoms with Crippen LogP contribution in [0.1, 0.15) is 44.6 Å². The van der Waals surface area contributed by atoms with E-state index in [0.717, 1.165) is 5.56 Å². The minimum Gasteiger partial charge on any atom is -0.493 e. The third-order valence-corrected chi connectivity index (χ3v) is 4.47. The first kappa shape index (κ1) is 22.8. The lowest BCUT2D eigenvalue weighted by Gasteiger charge is -2.12. The second-order valence-corrected chi connectivity index (χ2v) is 6.53. The van der Waals surface area contributed by atoms with Crippen LogP contribution in [0.2, 0.25) is 0 Å². The average Bonchev–Trinajstić information content (AvgIpc) is 3.04. The molecule has 0 radical (unpaired) electrons. The monoisotopic (exact) mass is 417 g/mol. The maximum Gasteiger partial charge on any atom is 0.339 e. The van der Waals surface area contributed by atoms with Gasteiger partial charge in [0, 0.05) is 18.8 Å². The second kappa shape index (κ2) is 10.3. The van der Waals surface area contributed by atoms with Crippen molar-refractivity contribution in [2.45, 2.75) is 27.3 Å². The number of methoxy groups -OCH3 is 2. The third kappa shape index (κ3) is 5.31. The van der Waals surface area contributed by atoms with Gasteiger partial charge in [-0.25, -0.2) is 4.79 Å². The van der Waals surface area contributed by atoms with Crippen LogP contribution in [0.3, 0.4) is 0 Å². The van der Waals surface area contributed by atoms with E-state index in [4.69, 9.17) is 14.2 Å². The molecule has 0 fully saturated rings. The quantitative estimate of drug-likeness (QED) is 0.536. The Labute approximate surface area is 175 Å². The van der Waals surface area contributed by atoms with Crippen molar-refractivity contribution in [2.24, 2.45) is 0 Å². The Bertz CT molecular complexity index is 935. The summed E-state index contributed by atoms with van der Waals surface area (Å²) in [5, 5.41) is 5.46. The van der Waals surface area contributed by atoms with Crippen molar-refractivity contribution in [3.63, 3.8) is 0 Å². The van der Waals surface area contributed by atoms with Gasteiger partial charge in [-0.15, -0.1) is 0 Å². The fourth-order valence-corrected chi connectivity index (χ4v) is 2.99. The SMILES string of the molecule is CCNC(=O)COc1ccc(CNC(=O)c2[nH]c(C)c(C(=O)OC)c2C)cc1OC. The van der Waals surface area contributed by atoms with E-state index in [-0.39, 0.29) is 25.0 Å². The van der Waals surface area contributed by atoms with E-state index in [1.807, 2.05) is 6.92 Å². The topological polar surface area (TPSA) is 119 Å².